The maximum atomic E-state index is 13.1. The third-order valence-electron chi connectivity index (χ3n) is 3.39. The quantitative estimate of drug-likeness (QED) is 0.852. The zero-order chi connectivity index (χ0) is 15.2. The largest absolute Gasteiger partial charge is 0.449 e. The van der Waals surface area contributed by atoms with E-state index in [4.69, 9.17) is 4.52 Å². The monoisotopic (exact) mass is 301 g/mol. The van der Waals surface area contributed by atoms with Crippen LogP contribution in [-0.4, -0.2) is 33.8 Å². The predicted octanol–water partition coefficient (Wildman–Crippen LogP) is 2.35. The molecule has 3 rings (SSSR count). The van der Waals surface area contributed by atoms with Gasteiger partial charge in [0, 0.05) is 20.6 Å². The number of anilines is 1. The van der Waals surface area contributed by atoms with Crippen LogP contribution in [-0.2, 0) is 19.1 Å². The summed E-state index contributed by atoms with van der Waals surface area (Å²) < 4.78 is 45.5. The van der Waals surface area contributed by atoms with Crippen LogP contribution in [0.15, 0.2) is 4.52 Å². The van der Waals surface area contributed by atoms with Gasteiger partial charge in [0.2, 0.25) is 5.82 Å². The molecule has 1 aliphatic heterocycles. The second-order valence-corrected chi connectivity index (χ2v) is 5.13. The summed E-state index contributed by atoms with van der Waals surface area (Å²) >= 11 is 0. The van der Waals surface area contributed by atoms with E-state index in [1.54, 1.807) is 19.0 Å². The maximum Gasteiger partial charge on any atom is 0.449 e. The zero-order valence-electron chi connectivity index (χ0n) is 11.6. The third-order valence-corrected chi connectivity index (χ3v) is 3.39. The van der Waals surface area contributed by atoms with Crippen LogP contribution in [0.4, 0.5) is 19.1 Å². The van der Waals surface area contributed by atoms with E-state index in [1.165, 1.54) is 4.57 Å². The van der Waals surface area contributed by atoms with Crippen molar-refractivity contribution in [3.63, 3.8) is 0 Å². The molecule has 0 aromatic carbocycles. The summed E-state index contributed by atoms with van der Waals surface area (Å²) in [6.07, 6.45) is -2.43. The average Bonchev–Trinajstić information content (AvgIpc) is 3.02. The van der Waals surface area contributed by atoms with Gasteiger partial charge in [0.05, 0.1) is 5.69 Å². The van der Waals surface area contributed by atoms with E-state index in [-0.39, 0.29) is 11.6 Å². The minimum Gasteiger partial charge on any atom is -0.344 e. The molecule has 0 unspecified atom stereocenters. The van der Waals surface area contributed by atoms with Crippen molar-refractivity contribution in [3.8, 4) is 11.6 Å². The fraction of sp³-hybridized carbons (Fsp3) is 0.583. The fourth-order valence-electron chi connectivity index (χ4n) is 2.42. The SMILES string of the molecule is CN(C)c1noc(-c2nc(C(F)(F)F)n3c2CCCC3)n1. The smallest absolute Gasteiger partial charge is 0.344 e. The standard InChI is InChI=1S/C12H14F3N5O/c1-19(2)11-17-9(21-18-11)8-7-5-3-4-6-20(7)10(16-8)12(13,14)15/h3-6H2,1-2H3. The molecular formula is C12H14F3N5O. The molecule has 9 heteroatoms. The lowest BCUT2D eigenvalue weighted by molar-refractivity contribution is -0.147. The lowest BCUT2D eigenvalue weighted by Crippen LogP contribution is -2.19. The summed E-state index contributed by atoms with van der Waals surface area (Å²) in [6, 6.07) is 0. The highest BCUT2D eigenvalue weighted by molar-refractivity contribution is 5.54. The molecule has 0 saturated carbocycles. The Kier molecular flexibility index (Phi) is 3.14. The Hall–Kier alpha value is -2.06. The van der Waals surface area contributed by atoms with E-state index in [0.29, 0.717) is 31.0 Å². The van der Waals surface area contributed by atoms with E-state index >= 15 is 0 Å². The van der Waals surface area contributed by atoms with Crippen LogP contribution < -0.4 is 4.90 Å². The van der Waals surface area contributed by atoms with Crippen LogP contribution in [0.3, 0.4) is 0 Å². The van der Waals surface area contributed by atoms with Gasteiger partial charge in [0.1, 0.15) is 0 Å². The molecule has 6 nitrogen and oxygen atoms in total. The van der Waals surface area contributed by atoms with Crippen molar-refractivity contribution in [2.45, 2.75) is 32.0 Å². The van der Waals surface area contributed by atoms with Gasteiger partial charge in [-0.05, 0) is 24.4 Å². The number of halogens is 3. The number of fused-ring (bicyclic) bond motifs is 1. The van der Waals surface area contributed by atoms with E-state index in [1.807, 2.05) is 0 Å². The van der Waals surface area contributed by atoms with Crippen molar-refractivity contribution in [2.75, 3.05) is 19.0 Å². The van der Waals surface area contributed by atoms with Gasteiger partial charge in [-0.3, -0.25) is 0 Å². The van der Waals surface area contributed by atoms with Crippen LogP contribution in [0.2, 0.25) is 0 Å². The minimum absolute atomic E-state index is 0.0276. The lowest BCUT2D eigenvalue weighted by atomic mass is 10.1. The van der Waals surface area contributed by atoms with E-state index in [0.717, 1.165) is 6.42 Å². The molecule has 3 heterocycles. The molecule has 0 spiro atoms. The third kappa shape index (κ3) is 2.36. The van der Waals surface area contributed by atoms with E-state index in [9.17, 15) is 13.2 Å². The molecule has 1 aliphatic rings. The molecule has 0 saturated heterocycles. The first-order valence-corrected chi connectivity index (χ1v) is 6.56. The molecule has 0 atom stereocenters. The summed E-state index contributed by atoms with van der Waals surface area (Å²) in [7, 11) is 3.44. The van der Waals surface area contributed by atoms with E-state index < -0.39 is 12.0 Å². The van der Waals surface area contributed by atoms with Crippen LogP contribution in [0.5, 0.6) is 0 Å². The Balaban J connectivity index is 2.11. The van der Waals surface area contributed by atoms with Crippen molar-refractivity contribution in [3.05, 3.63) is 11.5 Å². The minimum atomic E-state index is -4.49. The molecule has 0 aliphatic carbocycles. The highest BCUT2D eigenvalue weighted by Gasteiger charge is 2.40. The molecule has 0 N–H and O–H groups in total. The molecule has 0 amide bonds. The van der Waals surface area contributed by atoms with Gasteiger partial charge in [-0.2, -0.15) is 18.2 Å². The summed E-state index contributed by atoms with van der Waals surface area (Å²) in [6.45, 7) is 0.311. The first-order chi connectivity index (χ1) is 9.88. The average molecular weight is 301 g/mol. The molecule has 0 fully saturated rings. The highest BCUT2D eigenvalue weighted by Crippen LogP contribution is 2.36. The van der Waals surface area contributed by atoms with Crippen molar-refractivity contribution in [1.29, 1.82) is 0 Å². The summed E-state index contributed by atoms with van der Waals surface area (Å²) in [5, 5.41) is 3.72. The number of nitrogens with zero attached hydrogens (tertiary/aromatic N) is 5. The highest BCUT2D eigenvalue weighted by atomic mass is 19.4. The van der Waals surface area contributed by atoms with Crippen LogP contribution in [0.25, 0.3) is 11.6 Å². The Morgan fingerprint density at radius 2 is 1.95 bits per heavy atom. The molecule has 0 radical (unpaired) electrons. The Morgan fingerprint density at radius 3 is 2.57 bits per heavy atom. The van der Waals surface area contributed by atoms with Gasteiger partial charge in [-0.15, -0.1) is 0 Å². The van der Waals surface area contributed by atoms with Crippen LogP contribution >= 0.6 is 0 Å². The first kappa shape index (κ1) is 13.9. The number of alkyl halides is 3. The topological polar surface area (TPSA) is 60.0 Å². The molecule has 114 valence electrons. The Bertz CT molecular complexity index is 658. The van der Waals surface area contributed by atoms with Crippen molar-refractivity contribution >= 4 is 5.95 Å². The van der Waals surface area contributed by atoms with Gasteiger partial charge in [-0.1, -0.05) is 0 Å². The number of imidazole rings is 1. The Morgan fingerprint density at radius 1 is 1.19 bits per heavy atom. The number of hydrogen-bond donors (Lipinski definition) is 0. The number of hydrogen-bond acceptors (Lipinski definition) is 5. The fourth-order valence-corrected chi connectivity index (χ4v) is 2.42. The molecule has 21 heavy (non-hydrogen) atoms. The number of aromatic nitrogens is 4. The van der Waals surface area contributed by atoms with Gasteiger partial charge in [0.15, 0.2) is 5.69 Å². The maximum absolute atomic E-state index is 13.1. The van der Waals surface area contributed by atoms with Crippen molar-refractivity contribution < 1.29 is 17.7 Å². The lowest BCUT2D eigenvalue weighted by Gasteiger charge is -2.17. The predicted molar refractivity (Wildman–Crippen MR) is 67.8 cm³/mol. The normalized spacial score (nSPS) is 15.1. The molecular weight excluding hydrogens is 287 g/mol. The summed E-state index contributed by atoms with van der Waals surface area (Å²) in [5.74, 6) is -0.562. The summed E-state index contributed by atoms with van der Waals surface area (Å²) in [5.41, 5.74) is 0.658. The molecule has 2 aromatic rings. The van der Waals surface area contributed by atoms with Crippen LogP contribution in [0.1, 0.15) is 24.4 Å². The molecule has 0 bridgehead atoms. The number of rotatable bonds is 2. The van der Waals surface area contributed by atoms with Crippen LogP contribution in [0, 0.1) is 0 Å². The first-order valence-electron chi connectivity index (χ1n) is 6.56. The van der Waals surface area contributed by atoms with Crippen molar-refractivity contribution in [2.24, 2.45) is 0 Å². The second kappa shape index (κ2) is 4.74. The van der Waals surface area contributed by atoms with Gasteiger partial charge < -0.3 is 14.0 Å². The van der Waals surface area contributed by atoms with E-state index in [2.05, 4.69) is 15.1 Å². The summed E-state index contributed by atoms with van der Waals surface area (Å²) in [4.78, 5) is 9.43. The molecule has 2 aromatic heterocycles. The Labute approximate surface area is 118 Å². The van der Waals surface area contributed by atoms with Crippen molar-refractivity contribution in [1.82, 2.24) is 19.7 Å². The van der Waals surface area contributed by atoms with Gasteiger partial charge in [0.25, 0.3) is 11.8 Å². The zero-order valence-corrected chi connectivity index (χ0v) is 11.6. The van der Waals surface area contributed by atoms with Gasteiger partial charge >= 0.3 is 6.18 Å². The van der Waals surface area contributed by atoms with Gasteiger partial charge in [-0.25, -0.2) is 4.98 Å². The second-order valence-electron chi connectivity index (χ2n) is 5.13.